The van der Waals surface area contributed by atoms with Crippen LogP contribution in [0.1, 0.15) is 24.0 Å². The zero-order valence-corrected chi connectivity index (χ0v) is 17.6. The summed E-state index contributed by atoms with van der Waals surface area (Å²) in [7, 11) is -0.360. The molecule has 154 valence electrons. The Morgan fingerprint density at radius 2 is 1.83 bits per heavy atom. The highest BCUT2D eigenvalue weighted by atomic mass is 32.2. The molecule has 9 heteroatoms. The minimum absolute atomic E-state index is 0.00426. The van der Waals surface area contributed by atoms with Gasteiger partial charge in [-0.15, -0.1) is 0 Å². The van der Waals surface area contributed by atoms with E-state index in [0.29, 0.717) is 16.9 Å². The molecule has 0 bridgehead atoms. The van der Waals surface area contributed by atoms with E-state index >= 15 is 0 Å². The summed E-state index contributed by atoms with van der Waals surface area (Å²) in [5, 5.41) is 11.3. The molecule has 3 rings (SSSR count). The van der Waals surface area contributed by atoms with Crippen LogP contribution in [0.5, 0.6) is 0 Å². The van der Waals surface area contributed by atoms with Gasteiger partial charge >= 0.3 is 0 Å². The number of likely N-dealkylation sites (N-methyl/N-ethyl adjacent to an activating group) is 1. The molecule has 1 saturated heterocycles. The first-order chi connectivity index (χ1) is 13.4. The zero-order chi connectivity index (χ0) is 21.6. The molecule has 2 aromatic carbocycles. The first kappa shape index (κ1) is 20.7. The molecule has 1 fully saturated rings. The van der Waals surface area contributed by atoms with Gasteiger partial charge in [-0.2, -0.15) is 0 Å². The maximum absolute atomic E-state index is 13.2. The molecule has 0 aromatic heterocycles. The van der Waals surface area contributed by atoms with Gasteiger partial charge in [0, 0.05) is 19.8 Å². The lowest BCUT2D eigenvalue weighted by Gasteiger charge is -2.46. The SMILES string of the molecule is CN1C(=N)N[C@](C)(c2cccc(N)c2)[C@H](c2ccc(N(C)S(C)(=O)=O)cc2)C1=O. The molecule has 1 amide bonds. The minimum Gasteiger partial charge on any atom is -0.399 e. The fourth-order valence-electron chi connectivity index (χ4n) is 3.60. The number of nitrogens with one attached hydrogen (secondary N) is 2. The highest BCUT2D eigenvalue weighted by Crippen LogP contribution is 2.41. The van der Waals surface area contributed by atoms with Gasteiger partial charge in [0.05, 0.1) is 23.4 Å². The maximum Gasteiger partial charge on any atom is 0.239 e. The van der Waals surface area contributed by atoms with Crippen molar-refractivity contribution in [2.45, 2.75) is 18.4 Å². The van der Waals surface area contributed by atoms with E-state index in [2.05, 4.69) is 5.32 Å². The number of benzene rings is 2. The van der Waals surface area contributed by atoms with Gasteiger partial charge in [0.2, 0.25) is 15.9 Å². The van der Waals surface area contributed by atoms with Crippen molar-refractivity contribution in [1.82, 2.24) is 10.2 Å². The van der Waals surface area contributed by atoms with Crippen molar-refractivity contribution in [2.24, 2.45) is 0 Å². The van der Waals surface area contributed by atoms with Crippen molar-refractivity contribution < 1.29 is 13.2 Å². The van der Waals surface area contributed by atoms with E-state index in [0.717, 1.165) is 11.8 Å². The number of sulfonamides is 1. The van der Waals surface area contributed by atoms with Crippen molar-refractivity contribution in [1.29, 1.82) is 5.41 Å². The third-order valence-electron chi connectivity index (χ3n) is 5.44. The number of nitrogen functional groups attached to an aromatic ring is 1. The molecule has 0 spiro atoms. The van der Waals surface area contributed by atoms with E-state index in [1.165, 1.54) is 16.3 Å². The number of hydrogen-bond acceptors (Lipinski definition) is 5. The average Bonchev–Trinajstić information content (AvgIpc) is 2.65. The van der Waals surface area contributed by atoms with Crippen LogP contribution in [0.4, 0.5) is 11.4 Å². The third-order valence-corrected chi connectivity index (χ3v) is 6.65. The highest BCUT2D eigenvalue weighted by molar-refractivity contribution is 7.92. The van der Waals surface area contributed by atoms with Gasteiger partial charge in [-0.05, 0) is 42.3 Å². The van der Waals surface area contributed by atoms with Gasteiger partial charge in [-0.1, -0.05) is 24.3 Å². The Morgan fingerprint density at radius 1 is 1.21 bits per heavy atom. The number of anilines is 2. The number of guanidine groups is 1. The summed E-state index contributed by atoms with van der Waals surface area (Å²) in [5.41, 5.74) is 7.61. The number of hydrogen-bond donors (Lipinski definition) is 3. The second kappa shape index (κ2) is 7.07. The van der Waals surface area contributed by atoms with E-state index in [4.69, 9.17) is 11.1 Å². The molecule has 0 unspecified atom stereocenters. The second-order valence-corrected chi connectivity index (χ2v) is 9.47. The Balaban J connectivity index is 2.10. The normalized spacial score (nSPS) is 22.3. The van der Waals surface area contributed by atoms with Gasteiger partial charge in [-0.3, -0.25) is 19.4 Å². The zero-order valence-electron chi connectivity index (χ0n) is 16.8. The lowest BCUT2D eigenvalue weighted by molar-refractivity contribution is -0.131. The molecule has 29 heavy (non-hydrogen) atoms. The number of carbonyl (C=O) groups is 1. The Morgan fingerprint density at radius 3 is 2.38 bits per heavy atom. The van der Waals surface area contributed by atoms with Crippen LogP contribution in [0.15, 0.2) is 48.5 Å². The summed E-state index contributed by atoms with van der Waals surface area (Å²) in [6, 6.07) is 14.1. The molecule has 0 aliphatic carbocycles. The summed E-state index contributed by atoms with van der Waals surface area (Å²) in [4.78, 5) is 14.5. The Kier molecular flexibility index (Phi) is 5.04. The van der Waals surface area contributed by atoms with Crippen LogP contribution in [0.2, 0.25) is 0 Å². The van der Waals surface area contributed by atoms with E-state index in [9.17, 15) is 13.2 Å². The lowest BCUT2D eigenvalue weighted by Crippen LogP contribution is -2.62. The number of nitrogens with two attached hydrogens (primary N) is 1. The lowest BCUT2D eigenvalue weighted by atomic mass is 9.73. The quantitative estimate of drug-likeness (QED) is 0.656. The minimum atomic E-state index is -3.39. The first-order valence-electron chi connectivity index (χ1n) is 8.99. The van der Waals surface area contributed by atoms with Crippen molar-refractivity contribution in [3.8, 4) is 0 Å². The second-order valence-electron chi connectivity index (χ2n) is 7.45. The summed E-state index contributed by atoms with van der Waals surface area (Å²) < 4.78 is 24.8. The van der Waals surface area contributed by atoms with Crippen molar-refractivity contribution in [3.05, 3.63) is 59.7 Å². The monoisotopic (exact) mass is 415 g/mol. The molecule has 0 saturated carbocycles. The highest BCUT2D eigenvalue weighted by Gasteiger charge is 2.48. The number of carbonyl (C=O) groups excluding carboxylic acids is 1. The number of amides is 1. The number of nitrogens with zero attached hydrogens (tertiary/aromatic N) is 2. The predicted octanol–water partition coefficient (Wildman–Crippen LogP) is 1.66. The van der Waals surface area contributed by atoms with Gasteiger partial charge in [0.1, 0.15) is 0 Å². The summed E-state index contributed by atoms with van der Waals surface area (Å²) in [6.45, 7) is 1.86. The number of rotatable bonds is 4. The summed E-state index contributed by atoms with van der Waals surface area (Å²) in [5.74, 6) is -0.867. The Hall–Kier alpha value is -3.07. The molecule has 1 aliphatic heterocycles. The van der Waals surface area contributed by atoms with Crippen molar-refractivity contribution >= 4 is 33.3 Å². The molecular formula is C20H25N5O3S. The summed E-state index contributed by atoms with van der Waals surface area (Å²) >= 11 is 0. The van der Waals surface area contributed by atoms with Crippen LogP contribution in [0, 0.1) is 5.41 Å². The molecule has 1 aliphatic rings. The van der Waals surface area contributed by atoms with Crippen molar-refractivity contribution in [3.63, 3.8) is 0 Å². The molecule has 0 radical (unpaired) electrons. The third kappa shape index (κ3) is 3.65. The largest absolute Gasteiger partial charge is 0.399 e. The fraction of sp³-hybridized carbons (Fsp3) is 0.300. The average molecular weight is 416 g/mol. The van der Waals surface area contributed by atoms with Crippen LogP contribution in [0.25, 0.3) is 0 Å². The fourth-order valence-corrected chi connectivity index (χ4v) is 4.10. The van der Waals surface area contributed by atoms with E-state index in [1.807, 2.05) is 19.1 Å². The standard InChI is InChI=1S/C20H25N5O3S/c1-20(14-6-5-7-15(21)12-14)17(18(26)24(2)19(22)23-20)13-8-10-16(11-9-13)25(3)29(4,27)28/h5-12,17H,21H2,1-4H3,(H2,22,23)/t17-,20-/m1/s1. The van der Waals surface area contributed by atoms with E-state index in [-0.39, 0.29) is 11.9 Å². The Labute approximate surface area is 170 Å². The molecule has 8 nitrogen and oxygen atoms in total. The molecular weight excluding hydrogens is 390 g/mol. The van der Waals surface area contributed by atoms with Gasteiger partial charge < -0.3 is 11.1 Å². The van der Waals surface area contributed by atoms with Crippen LogP contribution in [-0.2, 0) is 20.4 Å². The smallest absolute Gasteiger partial charge is 0.239 e. The van der Waals surface area contributed by atoms with E-state index in [1.54, 1.807) is 43.4 Å². The van der Waals surface area contributed by atoms with Crippen LogP contribution in [0.3, 0.4) is 0 Å². The van der Waals surface area contributed by atoms with Crippen LogP contribution in [-0.4, -0.2) is 45.5 Å². The topological polar surface area (TPSA) is 120 Å². The predicted molar refractivity (Wildman–Crippen MR) is 114 cm³/mol. The van der Waals surface area contributed by atoms with Crippen molar-refractivity contribution in [2.75, 3.05) is 30.4 Å². The first-order valence-corrected chi connectivity index (χ1v) is 10.8. The molecule has 4 N–H and O–H groups in total. The van der Waals surface area contributed by atoms with Gasteiger partial charge in [-0.25, -0.2) is 8.42 Å². The van der Waals surface area contributed by atoms with Gasteiger partial charge in [0.15, 0.2) is 5.96 Å². The summed E-state index contributed by atoms with van der Waals surface area (Å²) in [6.07, 6.45) is 1.13. The van der Waals surface area contributed by atoms with E-state index < -0.39 is 21.5 Å². The molecule has 1 heterocycles. The van der Waals surface area contributed by atoms with Crippen LogP contribution >= 0.6 is 0 Å². The molecule has 2 atom stereocenters. The maximum atomic E-state index is 13.2. The molecule has 2 aromatic rings. The van der Waals surface area contributed by atoms with Crippen LogP contribution < -0.4 is 15.4 Å². The Bertz CT molecular complexity index is 1070. The van der Waals surface area contributed by atoms with Gasteiger partial charge in [0.25, 0.3) is 0 Å².